The van der Waals surface area contributed by atoms with Crippen LogP contribution in [0.2, 0.25) is 0 Å². The molecule has 0 saturated heterocycles. The van der Waals surface area contributed by atoms with Crippen molar-refractivity contribution >= 4 is 17.2 Å². The minimum atomic E-state index is -0.0916. The molecule has 0 saturated carbocycles. The van der Waals surface area contributed by atoms with Gasteiger partial charge in [0.1, 0.15) is 5.75 Å². The molecule has 6 heteroatoms. The monoisotopic (exact) mass is 383 g/mol. The van der Waals surface area contributed by atoms with Crippen molar-refractivity contribution in [1.29, 1.82) is 0 Å². The van der Waals surface area contributed by atoms with E-state index in [2.05, 4.69) is 28.8 Å². The molecule has 142 valence electrons. The largest absolute Gasteiger partial charge is 0.491 e. The van der Waals surface area contributed by atoms with Crippen molar-refractivity contribution in [3.8, 4) is 16.2 Å². The van der Waals surface area contributed by atoms with Crippen molar-refractivity contribution in [2.45, 2.75) is 40.3 Å². The van der Waals surface area contributed by atoms with E-state index in [-0.39, 0.29) is 12.0 Å². The molecule has 0 bridgehead atoms. The molecule has 5 nitrogen and oxygen atoms in total. The number of nitrogens with zero attached hydrogens (tertiary/aromatic N) is 2. The number of carbonyl (C=O) groups is 1. The number of nitrogens with one attached hydrogen (secondary N) is 1. The summed E-state index contributed by atoms with van der Waals surface area (Å²) in [4.78, 5) is 13.6. The molecule has 0 atom stereocenters. The molecular weight excluding hydrogens is 358 g/mol. The van der Waals surface area contributed by atoms with E-state index in [1.807, 2.05) is 43.7 Å². The molecule has 1 amide bonds. The van der Waals surface area contributed by atoms with Gasteiger partial charge in [0.2, 0.25) is 0 Å². The fourth-order valence-electron chi connectivity index (χ4n) is 3.03. The molecule has 3 rings (SSSR count). The molecule has 3 aromatic rings. The van der Waals surface area contributed by atoms with Crippen molar-refractivity contribution in [2.24, 2.45) is 0 Å². The first-order valence-corrected chi connectivity index (χ1v) is 9.96. The lowest BCUT2D eigenvalue weighted by Gasteiger charge is -2.10. The van der Waals surface area contributed by atoms with Crippen molar-refractivity contribution in [1.82, 2.24) is 15.1 Å². The van der Waals surface area contributed by atoms with E-state index in [0.29, 0.717) is 18.7 Å². The number of ether oxygens (including phenoxy) is 1. The second kappa shape index (κ2) is 8.39. The molecule has 2 heterocycles. The maximum absolute atomic E-state index is 12.3. The van der Waals surface area contributed by atoms with E-state index >= 15 is 0 Å². The van der Waals surface area contributed by atoms with E-state index < -0.39 is 0 Å². The quantitative estimate of drug-likeness (QED) is 0.656. The Balaban J connectivity index is 1.58. The Labute approximate surface area is 164 Å². The van der Waals surface area contributed by atoms with Crippen LogP contribution in [0.1, 0.15) is 35.6 Å². The first-order valence-electron chi connectivity index (χ1n) is 9.08. The smallest absolute Gasteiger partial charge is 0.251 e. The number of thiophene rings is 1. The van der Waals surface area contributed by atoms with E-state index in [9.17, 15) is 4.79 Å². The van der Waals surface area contributed by atoms with Crippen LogP contribution in [0.4, 0.5) is 0 Å². The molecule has 0 unspecified atom stereocenters. The van der Waals surface area contributed by atoms with Gasteiger partial charge in [-0.2, -0.15) is 5.10 Å². The zero-order valence-electron chi connectivity index (χ0n) is 16.2. The van der Waals surface area contributed by atoms with Gasteiger partial charge in [-0.1, -0.05) is 6.07 Å². The van der Waals surface area contributed by atoms with E-state index in [4.69, 9.17) is 4.74 Å². The van der Waals surface area contributed by atoms with Crippen LogP contribution in [0.25, 0.3) is 10.4 Å². The van der Waals surface area contributed by atoms with Crippen LogP contribution >= 0.6 is 11.3 Å². The Bertz CT molecular complexity index is 896. The number of amides is 1. The molecule has 1 N–H and O–H groups in total. The molecule has 1 aromatic carbocycles. The highest BCUT2D eigenvalue weighted by atomic mass is 32.1. The van der Waals surface area contributed by atoms with Gasteiger partial charge in [0.05, 0.1) is 18.3 Å². The number of carbonyl (C=O) groups excluding carboxylic acids is 1. The van der Waals surface area contributed by atoms with Gasteiger partial charge in [-0.25, -0.2) is 0 Å². The fourth-order valence-corrected chi connectivity index (χ4v) is 3.90. The van der Waals surface area contributed by atoms with Gasteiger partial charge < -0.3 is 10.1 Å². The van der Waals surface area contributed by atoms with Gasteiger partial charge >= 0.3 is 0 Å². The molecule has 27 heavy (non-hydrogen) atoms. The highest BCUT2D eigenvalue weighted by Crippen LogP contribution is 2.30. The standard InChI is InChI=1S/C21H25N3O2S/c1-14(2)26-18-9-7-17(8-10-18)21(25)22-11-12-24-16(4)20(15(3)23-24)19-6-5-13-27-19/h5-10,13-14H,11-12H2,1-4H3,(H,22,25). The number of aryl methyl sites for hydroxylation is 1. The van der Waals surface area contributed by atoms with Gasteiger partial charge in [0.15, 0.2) is 0 Å². The fraction of sp³-hybridized carbons (Fsp3) is 0.333. The number of hydrogen-bond acceptors (Lipinski definition) is 4. The molecule has 0 aliphatic rings. The SMILES string of the molecule is Cc1nn(CCNC(=O)c2ccc(OC(C)C)cc2)c(C)c1-c1cccs1. The third-order valence-electron chi connectivity index (χ3n) is 4.25. The Hall–Kier alpha value is -2.60. The summed E-state index contributed by atoms with van der Waals surface area (Å²) in [6.45, 7) is 9.21. The van der Waals surface area contributed by atoms with Crippen LogP contribution in [0.3, 0.4) is 0 Å². The molecule has 0 radical (unpaired) electrons. The van der Waals surface area contributed by atoms with Gasteiger partial charge in [-0.15, -0.1) is 11.3 Å². The summed E-state index contributed by atoms with van der Waals surface area (Å²) in [5.41, 5.74) is 3.96. The summed E-state index contributed by atoms with van der Waals surface area (Å²) in [5, 5.41) is 9.66. The lowest BCUT2D eigenvalue weighted by Crippen LogP contribution is -2.27. The van der Waals surface area contributed by atoms with Gasteiger partial charge in [0, 0.05) is 28.2 Å². The van der Waals surface area contributed by atoms with Gasteiger partial charge in [0.25, 0.3) is 5.91 Å². The zero-order chi connectivity index (χ0) is 19.4. The molecule has 0 fully saturated rings. The molecule has 0 spiro atoms. The lowest BCUT2D eigenvalue weighted by atomic mass is 10.1. The number of hydrogen-bond donors (Lipinski definition) is 1. The minimum Gasteiger partial charge on any atom is -0.491 e. The molecule has 2 aromatic heterocycles. The maximum atomic E-state index is 12.3. The average Bonchev–Trinajstić information content (AvgIpc) is 3.23. The molecular formula is C21H25N3O2S. The summed E-state index contributed by atoms with van der Waals surface area (Å²) >= 11 is 1.72. The van der Waals surface area contributed by atoms with Crippen LogP contribution in [-0.4, -0.2) is 28.3 Å². The Morgan fingerprint density at radius 3 is 2.59 bits per heavy atom. The Morgan fingerprint density at radius 1 is 1.22 bits per heavy atom. The molecule has 0 aliphatic carbocycles. The Kier molecular flexibility index (Phi) is 5.96. The zero-order valence-corrected chi connectivity index (χ0v) is 17.0. The first-order chi connectivity index (χ1) is 13.0. The van der Waals surface area contributed by atoms with Crippen LogP contribution in [-0.2, 0) is 6.54 Å². The summed E-state index contributed by atoms with van der Waals surface area (Å²) in [7, 11) is 0. The van der Waals surface area contributed by atoms with E-state index in [1.54, 1.807) is 23.5 Å². The van der Waals surface area contributed by atoms with Crippen molar-refractivity contribution in [3.63, 3.8) is 0 Å². The number of rotatable bonds is 7. The predicted molar refractivity (Wildman–Crippen MR) is 110 cm³/mol. The van der Waals surface area contributed by atoms with Crippen LogP contribution in [0, 0.1) is 13.8 Å². The summed E-state index contributed by atoms with van der Waals surface area (Å²) in [6, 6.07) is 11.4. The number of aromatic nitrogens is 2. The van der Waals surface area contributed by atoms with Crippen LogP contribution in [0.15, 0.2) is 41.8 Å². The van der Waals surface area contributed by atoms with Crippen LogP contribution in [0.5, 0.6) is 5.75 Å². The lowest BCUT2D eigenvalue weighted by molar-refractivity contribution is 0.0952. The highest BCUT2D eigenvalue weighted by molar-refractivity contribution is 7.13. The topological polar surface area (TPSA) is 56.2 Å². The van der Waals surface area contributed by atoms with Crippen molar-refractivity contribution < 1.29 is 9.53 Å². The third-order valence-corrected chi connectivity index (χ3v) is 5.13. The van der Waals surface area contributed by atoms with E-state index in [1.165, 1.54) is 10.4 Å². The van der Waals surface area contributed by atoms with Gasteiger partial charge in [-0.05, 0) is 63.4 Å². The number of benzene rings is 1. The average molecular weight is 384 g/mol. The predicted octanol–water partition coefficient (Wildman–Crippen LogP) is 4.45. The summed E-state index contributed by atoms with van der Waals surface area (Å²) in [5.74, 6) is 0.677. The summed E-state index contributed by atoms with van der Waals surface area (Å²) in [6.07, 6.45) is 0.115. The highest BCUT2D eigenvalue weighted by Gasteiger charge is 2.14. The minimum absolute atomic E-state index is 0.0916. The summed E-state index contributed by atoms with van der Waals surface area (Å²) < 4.78 is 7.57. The second-order valence-corrected chi connectivity index (χ2v) is 7.64. The normalized spacial score (nSPS) is 11.0. The van der Waals surface area contributed by atoms with Crippen molar-refractivity contribution in [2.75, 3.05) is 6.54 Å². The van der Waals surface area contributed by atoms with E-state index in [0.717, 1.165) is 17.1 Å². The molecule has 0 aliphatic heterocycles. The second-order valence-electron chi connectivity index (χ2n) is 6.69. The Morgan fingerprint density at radius 2 is 1.96 bits per heavy atom. The first kappa shape index (κ1) is 19.2. The third kappa shape index (κ3) is 4.57. The van der Waals surface area contributed by atoms with Crippen molar-refractivity contribution in [3.05, 3.63) is 58.7 Å². The van der Waals surface area contributed by atoms with Crippen LogP contribution < -0.4 is 10.1 Å². The van der Waals surface area contributed by atoms with Gasteiger partial charge in [-0.3, -0.25) is 9.48 Å². The maximum Gasteiger partial charge on any atom is 0.251 e.